The topological polar surface area (TPSA) is 20.3 Å². The highest BCUT2D eigenvalue weighted by atomic mass is 35.5. The molecule has 102 valence electrons. The molecule has 0 spiro atoms. The normalized spacial score (nSPS) is 14.0. The van der Waals surface area contributed by atoms with E-state index in [2.05, 4.69) is 4.90 Å². The van der Waals surface area contributed by atoms with Crippen LogP contribution in [0, 0.1) is 0 Å². The molecule has 2 aromatic carbocycles. The summed E-state index contributed by atoms with van der Waals surface area (Å²) in [6.07, 6.45) is 1.82. The smallest absolute Gasteiger partial charge is 0.150 e. The Morgan fingerprint density at radius 1 is 1.00 bits per heavy atom. The summed E-state index contributed by atoms with van der Waals surface area (Å²) in [7, 11) is 0. The molecular formula is C16H13Cl2NO. The maximum Gasteiger partial charge on any atom is 0.150 e. The standard InChI is InChI=1S/C16H13Cl2NO/c17-15-4-3-14(8-16(15)18)19-6-5-12-7-11(10-20)1-2-13(12)9-19/h1-4,7-8,10H,5-6,9H2. The van der Waals surface area contributed by atoms with E-state index >= 15 is 0 Å². The quantitative estimate of drug-likeness (QED) is 0.768. The minimum atomic E-state index is 0.573. The Hall–Kier alpha value is -1.51. The third kappa shape index (κ3) is 2.54. The van der Waals surface area contributed by atoms with Crippen LogP contribution in [0.4, 0.5) is 5.69 Å². The predicted octanol–water partition coefficient (Wildman–Crippen LogP) is 4.37. The van der Waals surface area contributed by atoms with Gasteiger partial charge in [-0.15, -0.1) is 0 Å². The molecule has 0 N–H and O–H groups in total. The molecular weight excluding hydrogens is 293 g/mol. The van der Waals surface area contributed by atoms with Crippen molar-refractivity contribution in [3.05, 3.63) is 63.1 Å². The van der Waals surface area contributed by atoms with Gasteiger partial charge in [0.2, 0.25) is 0 Å². The minimum Gasteiger partial charge on any atom is -0.367 e. The molecule has 1 aliphatic heterocycles. The molecule has 1 aliphatic rings. The van der Waals surface area contributed by atoms with Crippen LogP contribution in [-0.2, 0) is 13.0 Å². The number of carbonyl (C=O) groups is 1. The second kappa shape index (κ2) is 5.47. The van der Waals surface area contributed by atoms with E-state index in [-0.39, 0.29) is 0 Å². The van der Waals surface area contributed by atoms with Gasteiger partial charge in [-0.2, -0.15) is 0 Å². The number of hydrogen-bond donors (Lipinski definition) is 0. The van der Waals surface area contributed by atoms with Crippen molar-refractivity contribution in [1.82, 2.24) is 0 Å². The van der Waals surface area contributed by atoms with Gasteiger partial charge in [0, 0.05) is 24.3 Å². The van der Waals surface area contributed by atoms with E-state index in [0.717, 1.165) is 37.0 Å². The molecule has 0 saturated heterocycles. The number of hydrogen-bond acceptors (Lipinski definition) is 2. The molecule has 1 heterocycles. The Morgan fingerprint density at radius 3 is 2.60 bits per heavy atom. The molecule has 0 atom stereocenters. The molecule has 0 fully saturated rings. The maximum absolute atomic E-state index is 10.8. The van der Waals surface area contributed by atoms with Gasteiger partial charge in [-0.25, -0.2) is 0 Å². The Kier molecular flexibility index (Phi) is 3.68. The van der Waals surface area contributed by atoms with Gasteiger partial charge < -0.3 is 4.90 Å². The molecule has 0 saturated carbocycles. The van der Waals surface area contributed by atoms with Crippen LogP contribution in [0.15, 0.2) is 36.4 Å². The molecule has 0 aliphatic carbocycles. The number of aldehydes is 1. The third-order valence-electron chi connectivity index (χ3n) is 3.65. The first-order valence-electron chi connectivity index (χ1n) is 6.44. The Labute approximate surface area is 127 Å². The lowest BCUT2D eigenvalue weighted by molar-refractivity contribution is 0.112. The fourth-order valence-electron chi connectivity index (χ4n) is 2.55. The number of fused-ring (bicyclic) bond motifs is 1. The number of rotatable bonds is 2. The molecule has 0 radical (unpaired) electrons. The molecule has 2 aromatic rings. The SMILES string of the molecule is O=Cc1ccc2c(c1)CCN(c1ccc(Cl)c(Cl)c1)C2. The summed E-state index contributed by atoms with van der Waals surface area (Å²) in [5.41, 5.74) is 4.33. The van der Waals surface area contributed by atoms with E-state index in [1.165, 1.54) is 11.1 Å². The van der Waals surface area contributed by atoms with Gasteiger partial charge in [0.15, 0.2) is 0 Å². The second-order valence-corrected chi connectivity index (χ2v) is 5.73. The first-order valence-corrected chi connectivity index (χ1v) is 7.20. The summed E-state index contributed by atoms with van der Waals surface area (Å²) in [5, 5.41) is 1.15. The van der Waals surface area contributed by atoms with E-state index in [9.17, 15) is 4.79 Å². The van der Waals surface area contributed by atoms with Crippen molar-refractivity contribution in [2.24, 2.45) is 0 Å². The molecule has 0 aromatic heterocycles. The van der Waals surface area contributed by atoms with Crippen LogP contribution < -0.4 is 4.90 Å². The van der Waals surface area contributed by atoms with Crippen LogP contribution in [-0.4, -0.2) is 12.8 Å². The van der Waals surface area contributed by atoms with Crippen LogP contribution >= 0.6 is 23.2 Å². The van der Waals surface area contributed by atoms with Crippen molar-refractivity contribution in [3.8, 4) is 0 Å². The molecule has 0 unspecified atom stereocenters. The van der Waals surface area contributed by atoms with Crippen molar-refractivity contribution in [2.45, 2.75) is 13.0 Å². The van der Waals surface area contributed by atoms with Crippen LogP contribution in [0.25, 0.3) is 0 Å². The van der Waals surface area contributed by atoms with Crippen LogP contribution in [0.2, 0.25) is 10.0 Å². The van der Waals surface area contributed by atoms with Gasteiger partial charge in [-0.3, -0.25) is 4.79 Å². The maximum atomic E-state index is 10.8. The van der Waals surface area contributed by atoms with Gasteiger partial charge in [-0.05, 0) is 41.8 Å². The monoisotopic (exact) mass is 305 g/mol. The van der Waals surface area contributed by atoms with Crippen molar-refractivity contribution in [3.63, 3.8) is 0 Å². The molecule has 3 rings (SSSR count). The zero-order valence-corrected chi connectivity index (χ0v) is 12.3. The lowest BCUT2D eigenvalue weighted by atomic mass is 9.97. The minimum absolute atomic E-state index is 0.573. The third-order valence-corrected chi connectivity index (χ3v) is 4.39. The first kappa shape index (κ1) is 13.5. The first-order chi connectivity index (χ1) is 9.67. The summed E-state index contributed by atoms with van der Waals surface area (Å²) < 4.78 is 0. The highest BCUT2D eigenvalue weighted by Gasteiger charge is 2.17. The van der Waals surface area contributed by atoms with Gasteiger partial charge in [0.25, 0.3) is 0 Å². The average molecular weight is 306 g/mol. The fourth-order valence-corrected chi connectivity index (χ4v) is 2.84. The lowest BCUT2D eigenvalue weighted by Gasteiger charge is -2.31. The number of anilines is 1. The number of benzene rings is 2. The zero-order chi connectivity index (χ0) is 14.1. The molecule has 2 nitrogen and oxygen atoms in total. The van der Waals surface area contributed by atoms with E-state index < -0.39 is 0 Å². The van der Waals surface area contributed by atoms with Gasteiger partial charge in [-0.1, -0.05) is 35.3 Å². The molecule has 0 amide bonds. The average Bonchev–Trinajstić information content (AvgIpc) is 2.49. The Bertz CT molecular complexity index is 670. The lowest BCUT2D eigenvalue weighted by Crippen LogP contribution is -2.30. The van der Waals surface area contributed by atoms with Crippen molar-refractivity contribution < 1.29 is 4.79 Å². The van der Waals surface area contributed by atoms with Gasteiger partial charge >= 0.3 is 0 Å². The van der Waals surface area contributed by atoms with E-state index in [1.807, 2.05) is 36.4 Å². The highest BCUT2D eigenvalue weighted by molar-refractivity contribution is 6.42. The van der Waals surface area contributed by atoms with E-state index in [4.69, 9.17) is 23.2 Å². The van der Waals surface area contributed by atoms with E-state index in [1.54, 1.807) is 0 Å². The number of nitrogens with zero attached hydrogens (tertiary/aromatic N) is 1. The van der Waals surface area contributed by atoms with Gasteiger partial charge in [0.1, 0.15) is 6.29 Å². The van der Waals surface area contributed by atoms with Crippen molar-refractivity contribution >= 4 is 35.2 Å². The summed E-state index contributed by atoms with van der Waals surface area (Å²) in [6, 6.07) is 11.6. The van der Waals surface area contributed by atoms with Crippen molar-refractivity contribution in [2.75, 3.05) is 11.4 Å². The molecule has 0 bridgehead atoms. The summed E-state index contributed by atoms with van der Waals surface area (Å²) in [4.78, 5) is 13.1. The van der Waals surface area contributed by atoms with Crippen LogP contribution in [0.1, 0.15) is 21.5 Å². The molecule has 20 heavy (non-hydrogen) atoms. The second-order valence-electron chi connectivity index (χ2n) is 4.92. The van der Waals surface area contributed by atoms with Gasteiger partial charge in [0.05, 0.1) is 10.0 Å². The van der Waals surface area contributed by atoms with Crippen molar-refractivity contribution in [1.29, 1.82) is 0 Å². The molecule has 4 heteroatoms. The summed E-state index contributed by atoms with van der Waals surface area (Å²) in [6.45, 7) is 1.74. The predicted molar refractivity (Wildman–Crippen MR) is 83.0 cm³/mol. The zero-order valence-electron chi connectivity index (χ0n) is 10.8. The number of halogens is 2. The fraction of sp³-hybridized carbons (Fsp3) is 0.188. The number of carbonyl (C=O) groups excluding carboxylic acids is 1. The van der Waals surface area contributed by atoms with Crippen LogP contribution in [0.5, 0.6) is 0 Å². The Morgan fingerprint density at radius 2 is 1.85 bits per heavy atom. The summed E-state index contributed by atoms with van der Waals surface area (Å²) >= 11 is 12.0. The largest absolute Gasteiger partial charge is 0.367 e. The van der Waals surface area contributed by atoms with Crippen LogP contribution in [0.3, 0.4) is 0 Å². The summed E-state index contributed by atoms with van der Waals surface area (Å²) in [5.74, 6) is 0. The Balaban J connectivity index is 1.88. The van der Waals surface area contributed by atoms with E-state index in [0.29, 0.717) is 10.0 Å². The highest BCUT2D eigenvalue weighted by Crippen LogP contribution is 2.30.